The van der Waals surface area contributed by atoms with Gasteiger partial charge in [-0.15, -0.1) is 0 Å². The number of nitrogen functional groups attached to an aromatic ring is 1. The maximum Gasteiger partial charge on any atom is 0.233 e. The Morgan fingerprint density at radius 2 is 1.95 bits per heavy atom. The Kier molecular flexibility index (Phi) is 3.29. The van der Waals surface area contributed by atoms with Crippen molar-refractivity contribution >= 4 is 39.4 Å². The molecule has 0 bridgehead atoms. The first-order chi connectivity index (χ1) is 9.20. The van der Waals surface area contributed by atoms with Crippen LogP contribution in [0.1, 0.15) is 5.89 Å². The van der Waals surface area contributed by atoms with Crippen LogP contribution in [0.2, 0.25) is 0 Å². The Labute approximate surface area is 123 Å². The summed E-state index contributed by atoms with van der Waals surface area (Å²) in [4.78, 5) is 4.34. The number of anilines is 1. The molecule has 3 rings (SSSR count). The van der Waals surface area contributed by atoms with E-state index in [0.29, 0.717) is 23.8 Å². The average Bonchev–Trinajstić information content (AvgIpc) is 2.80. The summed E-state index contributed by atoms with van der Waals surface area (Å²) in [6.07, 6.45) is 0. The number of benzene rings is 2. The van der Waals surface area contributed by atoms with Crippen LogP contribution in [0.25, 0.3) is 11.1 Å². The van der Waals surface area contributed by atoms with Crippen LogP contribution >= 0.6 is 22.6 Å². The summed E-state index contributed by atoms with van der Waals surface area (Å²) >= 11 is 2.25. The molecule has 0 spiro atoms. The van der Waals surface area contributed by atoms with Gasteiger partial charge in [0.1, 0.15) is 11.3 Å². The van der Waals surface area contributed by atoms with E-state index in [1.807, 2.05) is 30.3 Å². The maximum atomic E-state index is 5.69. The second-order valence-electron chi connectivity index (χ2n) is 4.08. The van der Waals surface area contributed by atoms with E-state index >= 15 is 0 Å². The van der Waals surface area contributed by atoms with E-state index in [1.54, 1.807) is 12.1 Å². The summed E-state index contributed by atoms with van der Waals surface area (Å²) < 4.78 is 12.4. The minimum absolute atomic E-state index is 0.301. The number of nitrogens with zero attached hydrogens (tertiary/aromatic N) is 1. The standard InChI is InChI=1S/C14H11IN2O2/c15-9-1-4-11(5-2-9)18-8-14-17-12-6-3-10(16)7-13(12)19-14/h1-7H,8,16H2. The smallest absolute Gasteiger partial charge is 0.233 e. The molecule has 96 valence electrons. The molecule has 0 aliphatic carbocycles. The minimum Gasteiger partial charge on any atom is -0.484 e. The van der Waals surface area contributed by atoms with Crippen molar-refractivity contribution in [2.75, 3.05) is 5.73 Å². The third kappa shape index (κ3) is 2.81. The first-order valence-electron chi connectivity index (χ1n) is 5.74. The number of hydrogen-bond acceptors (Lipinski definition) is 4. The first-order valence-corrected chi connectivity index (χ1v) is 6.82. The first kappa shape index (κ1) is 12.3. The van der Waals surface area contributed by atoms with Crippen LogP contribution in [-0.2, 0) is 6.61 Å². The number of halogens is 1. The lowest BCUT2D eigenvalue weighted by molar-refractivity contribution is 0.267. The Bertz CT molecular complexity index is 707. The second-order valence-corrected chi connectivity index (χ2v) is 5.32. The highest BCUT2D eigenvalue weighted by Gasteiger charge is 2.06. The predicted octanol–water partition coefficient (Wildman–Crippen LogP) is 3.59. The monoisotopic (exact) mass is 366 g/mol. The quantitative estimate of drug-likeness (QED) is 0.569. The fourth-order valence-electron chi connectivity index (χ4n) is 1.73. The highest BCUT2D eigenvalue weighted by molar-refractivity contribution is 14.1. The van der Waals surface area contributed by atoms with Crippen LogP contribution in [0, 0.1) is 3.57 Å². The number of aromatic nitrogens is 1. The van der Waals surface area contributed by atoms with Gasteiger partial charge in [0.25, 0.3) is 0 Å². The number of hydrogen-bond donors (Lipinski definition) is 1. The summed E-state index contributed by atoms with van der Waals surface area (Å²) in [5.74, 6) is 1.33. The molecule has 0 saturated carbocycles. The van der Waals surface area contributed by atoms with Gasteiger partial charge < -0.3 is 14.9 Å². The number of fused-ring (bicyclic) bond motifs is 1. The number of ether oxygens (including phenoxy) is 1. The molecule has 0 radical (unpaired) electrons. The SMILES string of the molecule is Nc1ccc2nc(COc3ccc(I)cc3)oc2c1. The van der Waals surface area contributed by atoms with Crippen molar-refractivity contribution in [1.29, 1.82) is 0 Å². The van der Waals surface area contributed by atoms with Gasteiger partial charge in [0.05, 0.1) is 0 Å². The Balaban J connectivity index is 1.76. The van der Waals surface area contributed by atoms with Gasteiger partial charge in [-0.1, -0.05) is 0 Å². The number of oxazole rings is 1. The van der Waals surface area contributed by atoms with E-state index in [9.17, 15) is 0 Å². The summed E-state index contributed by atoms with van der Waals surface area (Å²) in [5, 5.41) is 0. The molecule has 0 atom stereocenters. The van der Waals surface area contributed by atoms with Crippen molar-refractivity contribution in [2.24, 2.45) is 0 Å². The maximum absolute atomic E-state index is 5.69. The van der Waals surface area contributed by atoms with Crippen LogP contribution in [-0.4, -0.2) is 4.98 Å². The van der Waals surface area contributed by atoms with Crippen molar-refractivity contribution in [2.45, 2.75) is 6.61 Å². The molecule has 0 aliphatic rings. The zero-order valence-electron chi connectivity index (χ0n) is 9.97. The van der Waals surface area contributed by atoms with Crippen molar-refractivity contribution in [3.8, 4) is 5.75 Å². The van der Waals surface area contributed by atoms with Crippen LogP contribution < -0.4 is 10.5 Å². The van der Waals surface area contributed by atoms with E-state index in [-0.39, 0.29) is 0 Å². The molecule has 3 aromatic rings. The molecule has 0 amide bonds. The van der Waals surface area contributed by atoms with Gasteiger partial charge in [0.2, 0.25) is 5.89 Å². The van der Waals surface area contributed by atoms with E-state index < -0.39 is 0 Å². The van der Waals surface area contributed by atoms with Gasteiger partial charge in [-0.05, 0) is 59.0 Å². The molecule has 19 heavy (non-hydrogen) atoms. The van der Waals surface area contributed by atoms with Crippen molar-refractivity contribution < 1.29 is 9.15 Å². The largest absolute Gasteiger partial charge is 0.484 e. The minimum atomic E-state index is 0.301. The fourth-order valence-corrected chi connectivity index (χ4v) is 2.09. The van der Waals surface area contributed by atoms with Crippen molar-refractivity contribution in [3.63, 3.8) is 0 Å². The van der Waals surface area contributed by atoms with E-state index in [2.05, 4.69) is 27.6 Å². The van der Waals surface area contributed by atoms with Crippen molar-refractivity contribution in [3.05, 3.63) is 51.9 Å². The number of nitrogens with two attached hydrogens (primary N) is 1. The molecule has 2 N–H and O–H groups in total. The van der Waals surface area contributed by atoms with Crippen LogP contribution in [0.3, 0.4) is 0 Å². The van der Waals surface area contributed by atoms with Gasteiger partial charge in [-0.2, -0.15) is 0 Å². The van der Waals surface area contributed by atoms with E-state index in [1.165, 1.54) is 3.57 Å². The molecular weight excluding hydrogens is 355 g/mol. The lowest BCUT2D eigenvalue weighted by Gasteiger charge is -2.02. The van der Waals surface area contributed by atoms with Gasteiger partial charge in [0.15, 0.2) is 12.2 Å². The molecule has 1 aromatic heterocycles. The topological polar surface area (TPSA) is 61.3 Å². The van der Waals surface area contributed by atoms with Gasteiger partial charge in [0, 0.05) is 15.3 Å². The Morgan fingerprint density at radius 3 is 2.74 bits per heavy atom. The van der Waals surface area contributed by atoms with E-state index in [4.69, 9.17) is 14.9 Å². The zero-order chi connectivity index (χ0) is 13.2. The molecule has 1 heterocycles. The van der Waals surface area contributed by atoms with Crippen molar-refractivity contribution in [1.82, 2.24) is 4.98 Å². The number of rotatable bonds is 3. The average molecular weight is 366 g/mol. The Hall–Kier alpha value is -1.76. The van der Waals surface area contributed by atoms with Crippen LogP contribution in [0.5, 0.6) is 5.75 Å². The Morgan fingerprint density at radius 1 is 1.16 bits per heavy atom. The molecule has 0 fully saturated rings. The highest BCUT2D eigenvalue weighted by Crippen LogP contribution is 2.20. The predicted molar refractivity (Wildman–Crippen MR) is 81.9 cm³/mol. The fraction of sp³-hybridized carbons (Fsp3) is 0.0714. The third-order valence-corrected chi connectivity index (χ3v) is 3.35. The normalized spacial score (nSPS) is 10.8. The summed E-state index contributed by atoms with van der Waals surface area (Å²) in [6, 6.07) is 13.2. The van der Waals surface area contributed by atoms with E-state index in [0.717, 1.165) is 11.3 Å². The molecular formula is C14H11IN2O2. The summed E-state index contributed by atoms with van der Waals surface area (Å²) in [5.41, 5.74) is 7.82. The molecule has 0 unspecified atom stereocenters. The summed E-state index contributed by atoms with van der Waals surface area (Å²) in [6.45, 7) is 0.301. The van der Waals surface area contributed by atoms with Crippen LogP contribution in [0.4, 0.5) is 5.69 Å². The molecule has 5 heteroatoms. The van der Waals surface area contributed by atoms with Gasteiger partial charge in [-0.25, -0.2) is 4.98 Å². The lowest BCUT2D eigenvalue weighted by Crippen LogP contribution is -1.95. The third-order valence-electron chi connectivity index (χ3n) is 2.63. The molecule has 0 saturated heterocycles. The summed E-state index contributed by atoms with van der Waals surface area (Å²) in [7, 11) is 0. The van der Waals surface area contributed by atoms with Crippen LogP contribution in [0.15, 0.2) is 46.9 Å². The zero-order valence-corrected chi connectivity index (χ0v) is 12.1. The second kappa shape index (κ2) is 5.08. The van der Waals surface area contributed by atoms with Gasteiger partial charge >= 0.3 is 0 Å². The molecule has 0 aliphatic heterocycles. The molecule has 2 aromatic carbocycles. The molecule has 4 nitrogen and oxygen atoms in total. The lowest BCUT2D eigenvalue weighted by atomic mass is 10.3. The highest BCUT2D eigenvalue weighted by atomic mass is 127. The van der Waals surface area contributed by atoms with Gasteiger partial charge in [-0.3, -0.25) is 0 Å².